The minimum absolute atomic E-state index is 0. The van der Waals surface area contributed by atoms with Crippen LogP contribution in [0.3, 0.4) is 0 Å². The van der Waals surface area contributed by atoms with Crippen LogP contribution in [-0.4, -0.2) is 23.0 Å². The maximum absolute atomic E-state index is 9.53. The van der Waals surface area contributed by atoms with Crippen molar-refractivity contribution < 1.29 is 294 Å². The van der Waals surface area contributed by atoms with Crippen molar-refractivity contribution in [2.75, 3.05) is 0 Å². The number of aliphatic hydroxyl groups is 1. The van der Waals surface area contributed by atoms with Gasteiger partial charge in [-0.3, -0.25) is 0 Å². The van der Waals surface area contributed by atoms with Gasteiger partial charge in [-0.25, -0.2) is 0 Å². The number of aliphatic hydroxyl groups excluding tert-OH is 1. The Morgan fingerprint density at radius 1 is 0.818 bits per heavy atom. The topological polar surface area (TPSA) is 84.3 Å². The summed E-state index contributed by atoms with van der Waals surface area (Å²) < 4.78 is 3.17. The van der Waals surface area contributed by atoms with Crippen molar-refractivity contribution >= 4 is 17.9 Å². The second kappa shape index (κ2) is 78.5. The van der Waals surface area contributed by atoms with E-state index in [0.717, 1.165) is 25.9 Å². The first-order valence-electron chi connectivity index (χ1n) is 1.92. The van der Waals surface area contributed by atoms with E-state index in [1.165, 1.54) is 0 Å². The molecule has 0 aliphatic rings. The molecule has 0 aliphatic carbocycles. The molecule has 0 radical (unpaired) electrons. The molecule has 22 heavy (non-hydrogen) atoms. The van der Waals surface area contributed by atoms with E-state index < -0.39 is 11.6 Å². The van der Waals surface area contributed by atoms with Gasteiger partial charge in [0, 0.05) is 232 Å². The van der Waals surface area contributed by atoms with Crippen LogP contribution in [0.5, 0.6) is 0 Å². The molecule has 0 atom stereocenters. The quantitative estimate of drug-likeness (QED) is 0.182. The van der Waals surface area contributed by atoms with Crippen molar-refractivity contribution in [3.8, 4) is 0 Å². The molecule has 0 unspecified atom stereocenters. The molecule has 0 aromatic rings. The fourth-order valence-corrected chi connectivity index (χ4v) is 0.410. The van der Waals surface area contributed by atoms with Gasteiger partial charge >= 0.3 is 94.0 Å². The molecule has 0 amide bonds. The zero-order valence-electron chi connectivity index (χ0n) is 9.41. The van der Waals surface area contributed by atoms with Gasteiger partial charge in [-0.15, -0.1) is 0 Å². The van der Waals surface area contributed by atoms with Crippen LogP contribution in [0, 0.1) is 0 Å². The van der Waals surface area contributed by atoms with Gasteiger partial charge in [-0.05, 0) is 0 Å². The summed E-state index contributed by atoms with van der Waals surface area (Å²) in [4.78, 5) is 9.53. The van der Waals surface area contributed by atoms with E-state index in [4.69, 9.17) is 10.5 Å². The fraction of sp³-hybridized carbons (Fsp3) is 0. The maximum atomic E-state index is 9.53. The van der Waals surface area contributed by atoms with Crippen molar-refractivity contribution in [2.24, 2.45) is 8.71 Å². The number of rotatable bonds is 3. The first-order chi connectivity index (χ1) is 5.22. The minimum atomic E-state index is -0.931. The Bertz CT molecular complexity index is 204. The molecule has 0 aromatic heterocycles. The molecule has 0 bridgehead atoms. The first-order valence-corrected chi connectivity index (χ1v) is 14.2. The second-order valence-electron chi connectivity index (χ2n) is 0.956. The normalized spacial score (nSPS) is 4.45. The fourth-order valence-electron chi connectivity index (χ4n) is 0.132. The predicted molar refractivity (Wildman–Crippen MR) is 26.6 cm³/mol. The second-order valence-corrected chi connectivity index (χ2v) is 1.54. The zero-order chi connectivity index (χ0) is 9.28. The van der Waals surface area contributed by atoms with Crippen molar-refractivity contribution in [3.05, 3.63) is 5.41 Å². The molecule has 0 spiro atoms. The monoisotopic (exact) mass is 2690 g/mol. The van der Waals surface area contributed by atoms with Crippen LogP contribution < -0.4 is 0 Å². The Morgan fingerprint density at radius 2 is 1.05 bits per heavy atom. The summed E-state index contributed by atoms with van der Waals surface area (Å²) in [5.41, 5.74) is -0.931. The Labute approximate surface area is 317 Å². The molecule has 0 saturated carbocycles. The summed E-state index contributed by atoms with van der Waals surface area (Å²) in [7, 11) is 0. The molecule has 0 saturated heterocycles. The van der Waals surface area contributed by atoms with E-state index in [0.29, 0.717) is 0 Å². The summed E-state index contributed by atoms with van der Waals surface area (Å²) >= 11 is 4.09. The van der Waals surface area contributed by atoms with Crippen LogP contribution in [0.2, 0.25) is 0 Å². The average Bonchev–Trinajstić information content (AvgIpc) is 2.07. The van der Waals surface area contributed by atoms with Crippen molar-refractivity contribution in [2.45, 2.75) is 0 Å². The van der Waals surface area contributed by atoms with Gasteiger partial charge in [0.05, 0.1) is 0 Å². The Morgan fingerprint density at radius 3 is 1.18 bits per heavy atom. The van der Waals surface area contributed by atoms with Gasteiger partial charge < -0.3 is 0 Å². The molecule has 1 N–H and O–H groups in total. The van der Waals surface area contributed by atoms with Gasteiger partial charge in [-0.2, -0.15) is 0 Å². The van der Waals surface area contributed by atoms with Crippen LogP contribution in [0.25, 0.3) is 5.41 Å². The third-order valence-electron chi connectivity index (χ3n) is 0.444. The van der Waals surface area contributed by atoms with E-state index in [2.05, 4.69) is 8.71 Å². The summed E-state index contributed by atoms with van der Waals surface area (Å²) in [5.74, 6) is -0.806. The Kier molecular flexibility index (Phi) is 310. The molecule has 126 valence electrons. The number of hydrogen-bond acceptors (Lipinski definition) is 3. The standard InChI is InChI=1S/C3HN3O2.14W/c4-2(1-7)3(8)6-5;;;;;;;;;;;;;;/h(H,6,8);;;;;;;;;;;;;;/q-2;;;;;;;;;;;;;;. The molecular formula is C3HN3O2W14-2. The number of hydrogen-bond donors (Lipinski definition) is 1. The third kappa shape index (κ3) is 70.5. The molecule has 0 rings (SSSR count). The van der Waals surface area contributed by atoms with Gasteiger partial charge in [0.1, 0.15) is 0 Å². The molecular weight excluding hydrogens is 2680 g/mol. The van der Waals surface area contributed by atoms with Crippen LogP contribution in [0.15, 0.2) is 8.71 Å². The van der Waals surface area contributed by atoms with E-state index in [9.17, 15) is 4.79 Å². The van der Waals surface area contributed by atoms with Crippen molar-refractivity contribution in [3.63, 3.8) is 0 Å². The molecule has 19 heteroatoms. The summed E-state index contributed by atoms with van der Waals surface area (Å²) in [6.07, 6.45) is 1.04. The van der Waals surface area contributed by atoms with E-state index >= 15 is 0 Å². The van der Waals surface area contributed by atoms with E-state index in [-0.39, 0.29) is 232 Å². The Hall–Kier alpha value is 8.25. The SMILES string of the molecule is [N-]=C([C-]=O)C(O)=N[N]=[W].[W].[W].[W].[W].[W].[W].[W].[W].[W].[W].[W].[W]=[W]. The average molecular weight is 2680 g/mol. The van der Waals surface area contributed by atoms with E-state index in [1.807, 2.05) is 0 Å². The summed E-state index contributed by atoms with van der Waals surface area (Å²) in [6.45, 7) is 0. The Balaban J connectivity index is -0.00000000544. The molecule has 0 fully saturated rings. The summed E-state index contributed by atoms with van der Waals surface area (Å²) in [5, 5.41) is 19.7. The van der Waals surface area contributed by atoms with Crippen molar-refractivity contribution in [1.82, 2.24) is 0 Å². The van der Waals surface area contributed by atoms with Crippen molar-refractivity contribution in [1.29, 1.82) is 0 Å². The van der Waals surface area contributed by atoms with Crippen LogP contribution in [-0.2, 0) is 289 Å². The molecule has 0 heterocycles. The summed E-state index contributed by atoms with van der Waals surface area (Å²) in [6, 6.07) is 0. The van der Waals surface area contributed by atoms with Gasteiger partial charge in [0.15, 0.2) is 0 Å². The molecule has 5 nitrogen and oxygen atoms in total. The van der Waals surface area contributed by atoms with Gasteiger partial charge in [0.2, 0.25) is 0 Å². The molecule has 0 aliphatic heterocycles. The number of nitrogens with zero attached hydrogens (tertiary/aromatic N) is 3. The zero-order valence-corrected chi connectivity index (χ0v) is 50.5. The first kappa shape index (κ1) is 87.0. The van der Waals surface area contributed by atoms with E-state index in [1.54, 1.807) is 32.4 Å². The van der Waals surface area contributed by atoms with Crippen LogP contribution in [0.1, 0.15) is 0 Å². The molecule has 0 aromatic carbocycles. The van der Waals surface area contributed by atoms with Crippen LogP contribution in [0.4, 0.5) is 0 Å². The third-order valence-corrected chi connectivity index (χ3v) is 0.737. The van der Waals surface area contributed by atoms with Crippen LogP contribution >= 0.6 is 0 Å². The van der Waals surface area contributed by atoms with Gasteiger partial charge in [0.25, 0.3) is 0 Å². The predicted octanol–water partition coefficient (Wildman–Crippen LogP) is -0.324. The number of carbonyl (C=O) groups excluding carboxylic acids is 1. The van der Waals surface area contributed by atoms with Gasteiger partial charge in [-0.1, -0.05) is 0 Å².